The van der Waals surface area contributed by atoms with Gasteiger partial charge in [0.25, 0.3) is 0 Å². The first kappa shape index (κ1) is 43.4. The van der Waals surface area contributed by atoms with Gasteiger partial charge in [-0.1, -0.05) is 24.4 Å². The van der Waals surface area contributed by atoms with Crippen molar-refractivity contribution in [2.24, 2.45) is 0 Å². The number of carbonyl (C=O) groups excluding carboxylic acids is 6. The normalized spacial score (nSPS) is 19.1. The average Bonchev–Trinajstić information content (AvgIpc) is 3.75. The van der Waals surface area contributed by atoms with Crippen LogP contribution in [0.1, 0.15) is 27.7 Å². The van der Waals surface area contributed by atoms with Gasteiger partial charge in [0.05, 0.1) is 19.6 Å². The number of urea groups is 3. The number of likely N-dealkylation sites (N-methyl/N-ethyl adjacent to an activating group) is 10. The predicted octanol–water partition coefficient (Wildman–Crippen LogP) is 1.04. The van der Waals surface area contributed by atoms with Crippen LogP contribution in [0.3, 0.4) is 0 Å². The molecule has 0 spiro atoms. The highest BCUT2D eigenvalue weighted by atomic mass is 32.1. The molecule has 9 amide bonds. The molecule has 49 heavy (non-hydrogen) atoms. The molecule has 274 valence electrons. The van der Waals surface area contributed by atoms with Gasteiger partial charge in [-0.05, 0) is 52.1 Å². The van der Waals surface area contributed by atoms with E-state index in [1.54, 1.807) is 26.0 Å². The largest absolute Gasteiger partial charge is 0.342 e. The van der Waals surface area contributed by atoms with Crippen molar-refractivity contribution in [3.05, 3.63) is 0 Å². The Balaban J connectivity index is 0.000000306. The molecule has 0 atom stereocenters. The second kappa shape index (κ2) is 19.5. The SMILES string of the molecule is CCN1CC(=O)N(C)C1=O.CCN1CC(=O)N(C)C1=S.CCN1CC(=S)N(C)C1=O.CCN1CC(=S)N(C)C1=S.CN1CC(=O)N(C)C1=O. The maximum absolute atomic E-state index is 11.1. The Bertz CT molecular complexity index is 1190. The van der Waals surface area contributed by atoms with Crippen molar-refractivity contribution >= 4 is 105 Å². The van der Waals surface area contributed by atoms with Crippen LogP contribution < -0.4 is 0 Å². The molecule has 0 aromatic carbocycles. The zero-order valence-corrected chi connectivity index (χ0v) is 33.2. The Labute approximate surface area is 310 Å². The molecule has 16 nitrogen and oxygen atoms in total. The second-order valence-corrected chi connectivity index (χ2v) is 12.8. The molecule has 0 N–H and O–H groups in total. The van der Waals surface area contributed by atoms with E-state index in [4.69, 9.17) is 48.9 Å². The molecule has 5 fully saturated rings. The van der Waals surface area contributed by atoms with E-state index < -0.39 is 0 Å². The topological polar surface area (TPSA) is 135 Å². The maximum atomic E-state index is 11.1. The van der Waals surface area contributed by atoms with E-state index in [0.29, 0.717) is 29.7 Å². The molecule has 5 heterocycles. The monoisotopic (exact) mass is 760 g/mol. The summed E-state index contributed by atoms with van der Waals surface area (Å²) in [5.41, 5.74) is 0. The minimum atomic E-state index is -0.222. The van der Waals surface area contributed by atoms with Crippen LogP contribution in [0.5, 0.6) is 0 Å². The molecule has 0 aromatic rings. The molecule has 0 unspecified atom stereocenters. The lowest BCUT2D eigenvalue weighted by atomic mass is 10.5. The zero-order chi connectivity index (χ0) is 37.9. The highest BCUT2D eigenvalue weighted by molar-refractivity contribution is 7.82. The summed E-state index contributed by atoms with van der Waals surface area (Å²) in [4.78, 5) is 82.6. The summed E-state index contributed by atoms with van der Waals surface area (Å²) in [5, 5.41) is 1.50. The van der Waals surface area contributed by atoms with Crippen molar-refractivity contribution < 1.29 is 28.8 Å². The Morgan fingerprint density at radius 2 is 0.735 bits per heavy atom. The average molecular weight is 761 g/mol. The fourth-order valence-corrected chi connectivity index (χ4v) is 5.48. The van der Waals surface area contributed by atoms with E-state index in [1.807, 2.05) is 37.6 Å². The second-order valence-electron chi connectivity index (χ2n) is 11.1. The third-order valence-electron chi connectivity index (χ3n) is 7.92. The summed E-state index contributed by atoms with van der Waals surface area (Å²) < 4.78 is 0. The van der Waals surface area contributed by atoms with E-state index in [9.17, 15) is 28.8 Å². The summed E-state index contributed by atoms with van der Waals surface area (Å²) in [6.07, 6.45) is 0. The third kappa shape index (κ3) is 11.2. The van der Waals surface area contributed by atoms with Gasteiger partial charge in [0, 0.05) is 68.5 Å². The van der Waals surface area contributed by atoms with Crippen LogP contribution in [-0.4, -0.2) is 206 Å². The molecule has 0 bridgehead atoms. The molecule has 20 heteroatoms. The number of thiocarbonyl (C=S) groups is 4. The number of carbonyl (C=O) groups is 6. The van der Waals surface area contributed by atoms with E-state index in [1.165, 1.54) is 33.7 Å². The van der Waals surface area contributed by atoms with Crippen LogP contribution in [0.4, 0.5) is 14.4 Å². The van der Waals surface area contributed by atoms with Gasteiger partial charge in [-0.3, -0.25) is 34.0 Å². The predicted molar refractivity (Wildman–Crippen MR) is 202 cm³/mol. The van der Waals surface area contributed by atoms with Crippen molar-refractivity contribution in [3.63, 3.8) is 0 Å². The van der Waals surface area contributed by atoms with Gasteiger partial charge < -0.3 is 29.4 Å². The van der Waals surface area contributed by atoms with E-state index in [-0.39, 0.29) is 48.9 Å². The molecular weight excluding hydrogens is 713 g/mol. The van der Waals surface area contributed by atoms with Gasteiger partial charge in [-0.15, -0.1) is 0 Å². The lowest BCUT2D eigenvalue weighted by Crippen LogP contribution is -2.29. The van der Waals surface area contributed by atoms with E-state index in [0.717, 1.165) is 46.1 Å². The molecule has 0 saturated carbocycles. The van der Waals surface area contributed by atoms with E-state index in [2.05, 4.69) is 11.8 Å². The fraction of sp³-hybridized carbons (Fsp3) is 0.655. The minimum absolute atomic E-state index is 0.0208. The summed E-state index contributed by atoms with van der Waals surface area (Å²) in [6, 6.07) is -0.389. The first-order valence-electron chi connectivity index (χ1n) is 15.5. The molecule has 0 aromatic heterocycles. The van der Waals surface area contributed by atoms with Crippen molar-refractivity contribution in [3.8, 4) is 0 Å². The van der Waals surface area contributed by atoms with Crippen molar-refractivity contribution in [2.45, 2.75) is 27.7 Å². The summed E-state index contributed by atoms with van der Waals surface area (Å²) >= 11 is 20.1. The minimum Gasteiger partial charge on any atom is -0.342 e. The molecular formula is C29H48N10O6S4. The lowest BCUT2D eigenvalue weighted by molar-refractivity contribution is -0.125. The highest BCUT2D eigenvalue weighted by Crippen LogP contribution is 2.10. The number of amides is 9. The van der Waals surface area contributed by atoms with Crippen LogP contribution in [-0.2, 0) is 14.4 Å². The van der Waals surface area contributed by atoms with Crippen molar-refractivity contribution in [2.75, 3.05) is 101 Å². The lowest BCUT2D eigenvalue weighted by Gasteiger charge is -2.14. The quantitative estimate of drug-likeness (QED) is 0.299. The number of hydrogen-bond donors (Lipinski definition) is 0. The summed E-state index contributed by atoms with van der Waals surface area (Å²) in [6.45, 7) is 13.3. The van der Waals surface area contributed by atoms with Crippen molar-refractivity contribution in [1.29, 1.82) is 0 Å². The molecule has 5 aliphatic heterocycles. The molecule has 0 radical (unpaired) electrons. The molecule has 5 aliphatic rings. The van der Waals surface area contributed by atoms with Gasteiger partial charge >= 0.3 is 18.1 Å². The van der Waals surface area contributed by atoms with E-state index >= 15 is 0 Å². The van der Waals surface area contributed by atoms with Crippen molar-refractivity contribution in [1.82, 2.24) is 49.0 Å². The Kier molecular flexibility index (Phi) is 17.3. The number of hydrogen-bond acceptors (Lipinski definition) is 10. The first-order valence-corrected chi connectivity index (χ1v) is 17.2. The third-order valence-corrected chi connectivity index (χ3v) is 9.79. The summed E-state index contributed by atoms with van der Waals surface area (Å²) in [7, 11) is 9.92. The summed E-state index contributed by atoms with van der Waals surface area (Å²) in [5.74, 6) is -0.166. The smallest absolute Gasteiger partial charge is 0.326 e. The van der Waals surface area contributed by atoms with Crippen LogP contribution in [0.25, 0.3) is 0 Å². The number of imide groups is 2. The van der Waals surface area contributed by atoms with Gasteiger partial charge in [-0.25, -0.2) is 14.4 Å². The number of nitrogens with zero attached hydrogens (tertiary/aromatic N) is 10. The molecule has 5 rings (SSSR count). The van der Waals surface area contributed by atoms with Gasteiger partial charge in [-0.2, -0.15) is 0 Å². The maximum Gasteiger partial charge on any atom is 0.326 e. The molecule has 5 saturated heterocycles. The van der Waals surface area contributed by atoms with Gasteiger partial charge in [0.1, 0.15) is 23.1 Å². The highest BCUT2D eigenvalue weighted by Gasteiger charge is 2.32. The first-order chi connectivity index (χ1) is 22.8. The fourth-order valence-electron chi connectivity index (χ4n) is 4.35. The molecule has 0 aliphatic carbocycles. The Morgan fingerprint density at radius 3 is 0.918 bits per heavy atom. The number of rotatable bonds is 4. The standard InChI is InChI=1S/C6H10N2O2.2C6H10N2OS.C6H10N2S2.C5H8N2O2/c1-3-8-4-5(9)7(2)6(8)10;1-3-8-4-5(10)7(2)6(8)9;2*1-3-8-4-5(9)7(2)6(8)10;1-6-3-4(8)7(2)5(6)9/h4*3-4H2,1-2H3;3H2,1-2H3. The van der Waals surface area contributed by atoms with Crippen LogP contribution in [0.15, 0.2) is 0 Å². The van der Waals surface area contributed by atoms with Crippen LogP contribution >= 0.6 is 48.9 Å². The van der Waals surface area contributed by atoms with Crippen LogP contribution in [0, 0.1) is 0 Å². The van der Waals surface area contributed by atoms with Gasteiger partial charge in [0.15, 0.2) is 10.2 Å². The Morgan fingerprint density at radius 1 is 0.408 bits per heavy atom. The van der Waals surface area contributed by atoms with Gasteiger partial charge in [0.2, 0.25) is 17.7 Å². The zero-order valence-electron chi connectivity index (χ0n) is 29.9. The Hall–Kier alpha value is -3.62. The van der Waals surface area contributed by atoms with Crippen LogP contribution in [0.2, 0.25) is 0 Å².